The van der Waals surface area contributed by atoms with Crippen molar-refractivity contribution in [1.82, 2.24) is 0 Å². The number of nitrogens with two attached hydrogens (primary N) is 1. The molecule has 0 aromatic rings. The first-order chi connectivity index (χ1) is 9.66. The lowest BCUT2D eigenvalue weighted by Gasteiger charge is -2.46. The average molecular weight is 294 g/mol. The van der Waals surface area contributed by atoms with Gasteiger partial charge in [0.25, 0.3) is 0 Å². The van der Waals surface area contributed by atoms with E-state index in [1.165, 1.54) is 18.2 Å². The summed E-state index contributed by atoms with van der Waals surface area (Å²) in [6, 6.07) is 0. The Morgan fingerprint density at radius 3 is 2.45 bits per heavy atom. The third-order valence-corrected chi connectivity index (χ3v) is 7.57. The minimum Gasteiger partial charge on any atom is -0.299 e. The van der Waals surface area contributed by atoms with Crippen LogP contribution in [0.15, 0.2) is 0 Å². The van der Waals surface area contributed by atoms with E-state index in [2.05, 4.69) is 0 Å². The minimum absolute atomic E-state index is 0.00994. The summed E-state index contributed by atoms with van der Waals surface area (Å²) in [6.07, 6.45) is 6.05. The molecule has 0 spiro atoms. The molecule has 0 bridgehead atoms. The number of carbonyl (C=O) groups excluding carboxylic acids is 3. The molecule has 4 nitrogen and oxygen atoms in total. The first-order valence-electron chi connectivity index (χ1n) is 7.78. The van der Waals surface area contributed by atoms with E-state index in [1.54, 1.807) is 0 Å². The molecule has 5 heteroatoms. The van der Waals surface area contributed by atoms with Crippen LogP contribution >= 0.6 is 11.8 Å². The molecule has 2 aliphatic carbocycles. The van der Waals surface area contributed by atoms with Gasteiger partial charge in [-0.25, -0.2) is 14.9 Å². The number of carbonyl (C=O) groups is 3. The second kappa shape index (κ2) is 4.67. The van der Waals surface area contributed by atoms with E-state index < -0.39 is 0 Å². The van der Waals surface area contributed by atoms with Crippen LogP contribution in [0, 0.1) is 23.7 Å². The van der Waals surface area contributed by atoms with E-state index in [0.717, 1.165) is 25.7 Å². The normalized spacial score (nSPS) is 47.7. The van der Waals surface area contributed by atoms with Crippen LogP contribution in [0.1, 0.15) is 38.5 Å². The molecular weight excluding hydrogens is 274 g/mol. The molecule has 4 fully saturated rings. The molecule has 2 saturated heterocycles. The average Bonchev–Trinajstić information content (AvgIpc) is 2.74. The van der Waals surface area contributed by atoms with Crippen molar-refractivity contribution in [2.75, 3.05) is 0 Å². The smallest absolute Gasteiger partial charge is 0.299 e. The standard InChI is InChI=1S/C15H19NO3S/c17-12-7-3-1-2-4-10(7)20-13-9(12)6-5-8-11(13)15(19)16-14(8)18/h7-11,13H,1-6H2,(H,16,18,19)/p+1. The van der Waals surface area contributed by atoms with Gasteiger partial charge in [0.15, 0.2) is 0 Å². The van der Waals surface area contributed by atoms with Crippen molar-refractivity contribution in [3.8, 4) is 0 Å². The number of quaternary nitrogens is 1. The second-order valence-corrected chi connectivity index (χ2v) is 8.12. The van der Waals surface area contributed by atoms with Crippen LogP contribution in [-0.4, -0.2) is 28.1 Å². The van der Waals surface area contributed by atoms with Gasteiger partial charge < -0.3 is 0 Å². The maximum Gasteiger partial charge on any atom is 0.322 e. The number of hydrogen-bond acceptors (Lipinski definition) is 4. The number of imide groups is 1. The van der Waals surface area contributed by atoms with Crippen molar-refractivity contribution >= 4 is 29.4 Å². The topological polar surface area (TPSA) is 67.8 Å². The van der Waals surface area contributed by atoms with Gasteiger partial charge in [0, 0.05) is 22.3 Å². The van der Waals surface area contributed by atoms with Gasteiger partial charge >= 0.3 is 11.8 Å². The molecule has 2 N–H and O–H groups in total. The molecule has 0 aromatic carbocycles. The highest BCUT2D eigenvalue weighted by Gasteiger charge is 2.59. The number of primary amides is 2. The molecule has 0 aromatic heterocycles. The van der Waals surface area contributed by atoms with Crippen LogP contribution < -0.4 is 5.32 Å². The van der Waals surface area contributed by atoms with Crippen LogP contribution in [-0.2, 0) is 14.4 Å². The lowest BCUT2D eigenvalue weighted by atomic mass is 9.69. The molecule has 4 rings (SSSR count). The Bertz CT molecular complexity index is 492. The minimum atomic E-state index is -0.196. The number of hydrogen-bond donors (Lipinski definition) is 1. The van der Waals surface area contributed by atoms with Crippen LogP contribution in [0.2, 0.25) is 0 Å². The van der Waals surface area contributed by atoms with Crippen molar-refractivity contribution in [2.45, 2.75) is 49.0 Å². The summed E-state index contributed by atoms with van der Waals surface area (Å²) >= 11 is 1.87. The lowest BCUT2D eigenvalue weighted by Crippen LogP contribution is -2.89. The van der Waals surface area contributed by atoms with Gasteiger partial charge in [-0.1, -0.05) is 12.8 Å². The molecule has 0 radical (unpaired) electrons. The molecule has 2 aliphatic heterocycles. The first-order valence-corrected chi connectivity index (χ1v) is 8.72. The fourth-order valence-electron chi connectivity index (χ4n) is 4.75. The Morgan fingerprint density at radius 2 is 1.60 bits per heavy atom. The van der Waals surface area contributed by atoms with E-state index in [-0.39, 0.29) is 40.7 Å². The van der Waals surface area contributed by atoms with Gasteiger partial charge in [-0.05, 0) is 25.7 Å². The summed E-state index contributed by atoms with van der Waals surface area (Å²) in [5, 5.41) is 1.78. The van der Waals surface area contributed by atoms with E-state index in [9.17, 15) is 14.4 Å². The summed E-state index contributed by atoms with van der Waals surface area (Å²) in [7, 11) is 0. The summed E-state index contributed by atoms with van der Waals surface area (Å²) in [5.74, 6) is 0.347. The van der Waals surface area contributed by atoms with Gasteiger partial charge in [0.05, 0.1) is 5.92 Å². The third-order valence-electron chi connectivity index (χ3n) is 5.72. The van der Waals surface area contributed by atoms with Crippen molar-refractivity contribution in [1.29, 1.82) is 0 Å². The van der Waals surface area contributed by atoms with Crippen LogP contribution in [0.4, 0.5) is 0 Å². The number of Topliss-reactive ketones (excluding diaryl/α,β-unsaturated/α-hetero) is 1. The predicted octanol–water partition coefficient (Wildman–Crippen LogP) is 0.502. The van der Waals surface area contributed by atoms with Gasteiger partial charge in [0.1, 0.15) is 11.7 Å². The molecule has 20 heavy (non-hydrogen) atoms. The zero-order chi connectivity index (χ0) is 13.9. The molecular formula is C15H20NO3S+. The van der Waals surface area contributed by atoms with Crippen LogP contribution in [0.5, 0.6) is 0 Å². The molecule has 108 valence electrons. The van der Waals surface area contributed by atoms with Gasteiger partial charge in [-0.2, -0.15) is 11.8 Å². The summed E-state index contributed by atoms with van der Waals surface area (Å²) in [6.45, 7) is 0. The number of ketones is 1. The maximum absolute atomic E-state index is 12.8. The first kappa shape index (κ1) is 13.0. The Labute approximate surface area is 122 Å². The molecule has 4 aliphatic rings. The quantitative estimate of drug-likeness (QED) is 0.661. The third kappa shape index (κ3) is 1.75. The fourth-order valence-corrected chi connectivity index (χ4v) is 6.87. The molecule has 2 amide bonds. The van der Waals surface area contributed by atoms with Crippen molar-refractivity contribution < 1.29 is 19.7 Å². The predicted molar refractivity (Wildman–Crippen MR) is 73.8 cm³/mol. The van der Waals surface area contributed by atoms with E-state index >= 15 is 0 Å². The number of amides is 2. The van der Waals surface area contributed by atoms with Crippen molar-refractivity contribution in [3.05, 3.63) is 0 Å². The molecule has 2 heterocycles. The highest BCUT2D eigenvalue weighted by atomic mass is 32.2. The Hall–Kier alpha value is -0.680. The summed E-state index contributed by atoms with van der Waals surface area (Å²) < 4.78 is 0. The zero-order valence-corrected chi connectivity index (χ0v) is 12.2. The fraction of sp³-hybridized carbons (Fsp3) is 0.800. The Morgan fingerprint density at radius 1 is 0.850 bits per heavy atom. The lowest BCUT2D eigenvalue weighted by molar-refractivity contribution is -0.479. The Balaban J connectivity index is 1.65. The zero-order valence-electron chi connectivity index (χ0n) is 11.4. The molecule has 6 unspecified atom stereocenters. The van der Waals surface area contributed by atoms with Crippen LogP contribution in [0.25, 0.3) is 0 Å². The van der Waals surface area contributed by atoms with E-state index in [0.29, 0.717) is 11.0 Å². The van der Waals surface area contributed by atoms with Crippen molar-refractivity contribution in [3.63, 3.8) is 0 Å². The monoisotopic (exact) mass is 294 g/mol. The SMILES string of the molecule is O=C1C2CCCCC2SC2C1CCC1C(=O)[NH2+]C(=O)C12. The summed E-state index contributed by atoms with van der Waals surface area (Å²) in [5.41, 5.74) is 0. The number of rotatable bonds is 0. The number of fused-ring (bicyclic) bond motifs is 4. The Kier molecular flexibility index (Phi) is 3.04. The highest BCUT2D eigenvalue weighted by molar-refractivity contribution is 8.00. The summed E-state index contributed by atoms with van der Waals surface area (Å²) in [4.78, 5) is 36.8. The van der Waals surface area contributed by atoms with Gasteiger partial charge in [-0.15, -0.1) is 0 Å². The van der Waals surface area contributed by atoms with Gasteiger partial charge in [-0.3, -0.25) is 4.79 Å². The maximum atomic E-state index is 12.8. The van der Waals surface area contributed by atoms with Gasteiger partial charge in [0.2, 0.25) is 0 Å². The van der Waals surface area contributed by atoms with Crippen molar-refractivity contribution in [2.24, 2.45) is 23.7 Å². The van der Waals surface area contributed by atoms with E-state index in [1.807, 2.05) is 11.8 Å². The van der Waals surface area contributed by atoms with E-state index in [4.69, 9.17) is 0 Å². The van der Waals surface area contributed by atoms with Crippen LogP contribution in [0.3, 0.4) is 0 Å². The second-order valence-electron chi connectivity index (χ2n) is 6.70. The largest absolute Gasteiger partial charge is 0.322 e. The molecule has 6 atom stereocenters. The highest BCUT2D eigenvalue weighted by Crippen LogP contribution is 2.52. The number of thioether (sulfide) groups is 1. The molecule has 2 saturated carbocycles.